The van der Waals surface area contributed by atoms with Gasteiger partial charge in [0, 0.05) is 24.7 Å². The fourth-order valence-electron chi connectivity index (χ4n) is 2.82. The molecule has 0 unspecified atom stereocenters. The Hall–Kier alpha value is -1.14. The van der Waals surface area contributed by atoms with Crippen molar-refractivity contribution in [1.29, 1.82) is 0 Å². The minimum absolute atomic E-state index is 0.740. The van der Waals surface area contributed by atoms with Crippen LogP contribution in [0.3, 0.4) is 0 Å². The molecule has 1 aliphatic heterocycles. The molecule has 23 heavy (non-hydrogen) atoms. The minimum Gasteiger partial charge on any atom is -0.356 e. The molecule has 1 aromatic rings. The Kier molecular flexibility index (Phi) is 7.82. The summed E-state index contributed by atoms with van der Waals surface area (Å²) in [6.45, 7) is 9.96. The predicted octanol–water partition coefficient (Wildman–Crippen LogP) is 2.63. The highest BCUT2D eigenvalue weighted by molar-refractivity contribution is 7.11. The first kappa shape index (κ1) is 18.2. The summed E-state index contributed by atoms with van der Waals surface area (Å²) >= 11 is 1.73. The standard InChI is InChI=1S/C17H31N5S/c1-14-6-10-22(11-7-14)9-5-4-8-19-17(18-3)21-13-16-20-12-15(2)23-16/h12,14H,4-11,13H2,1-3H3,(H2,18,19,21). The monoisotopic (exact) mass is 337 g/mol. The Balaban J connectivity index is 1.53. The van der Waals surface area contributed by atoms with Gasteiger partial charge in [-0.25, -0.2) is 4.98 Å². The highest BCUT2D eigenvalue weighted by Crippen LogP contribution is 2.16. The van der Waals surface area contributed by atoms with Crippen LogP contribution in [0.1, 0.15) is 42.5 Å². The number of piperidine rings is 1. The van der Waals surface area contributed by atoms with Crippen LogP contribution in [-0.4, -0.2) is 49.1 Å². The fraction of sp³-hybridized carbons (Fsp3) is 0.765. The lowest BCUT2D eigenvalue weighted by Gasteiger charge is -2.30. The van der Waals surface area contributed by atoms with Crippen molar-refractivity contribution in [3.05, 3.63) is 16.1 Å². The van der Waals surface area contributed by atoms with E-state index in [-0.39, 0.29) is 0 Å². The van der Waals surface area contributed by atoms with Crippen molar-refractivity contribution in [3.8, 4) is 0 Å². The maximum atomic E-state index is 4.36. The second kappa shape index (κ2) is 9.88. The lowest BCUT2D eigenvalue weighted by molar-refractivity contribution is 0.189. The molecule has 2 heterocycles. The van der Waals surface area contributed by atoms with Crippen LogP contribution in [0.4, 0.5) is 0 Å². The van der Waals surface area contributed by atoms with Crippen molar-refractivity contribution < 1.29 is 0 Å². The summed E-state index contributed by atoms with van der Waals surface area (Å²) in [6, 6.07) is 0. The maximum Gasteiger partial charge on any atom is 0.191 e. The van der Waals surface area contributed by atoms with Crippen molar-refractivity contribution >= 4 is 17.3 Å². The maximum absolute atomic E-state index is 4.36. The van der Waals surface area contributed by atoms with Crippen molar-refractivity contribution in [2.75, 3.05) is 33.2 Å². The van der Waals surface area contributed by atoms with Crippen LogP contribution in [-0.2, 0) is 6.54 Å². The first-order valence-electron chi connectivity index (χ1n) is 8.75. The van der Waals surface area contributed by atoms with Gasteiger partial charge in [0.1, 0.15) is 5.01 Å². The fourth-order valence-corrected chi connectivity index (χ4v) is 3.54. The Bertz CT molecular complexity index is 477. The summed E-state index contributed by atoms with van der Waals surface area (Å²) in [5, 5.41) is 7.81. The quantitative estimate of drug-likeness (QED) is 0.456. The molecule has 0 aliphatic carbocycles. The van der Waals surface area contributed by atoms with Crippen LogP contribution in [0, 0.1) is 12.8 Å². The van der Waals surface area contributed by atoms with E-state index in [1.165, 1.54) is 50.2 Å². The molecule has 6 heteroatoms. The van der Waals surface area contributed by atoms with Crippen LogP contribution in [0.25, 0.3) is 0 Å². The van der Waals surface area contributed by atoms with Crippen LogP contribution in [0.2, 0.25) is 0 Å². The van der Waals surface area contributed by atoms with Crippen molar-refractivity contribution in [2.24, 2.45) is 10.9 Å². The molecule has 1 aromatic heterocycles. The van der Waals surface area contributed by atoms with Gasteiger partial charge in [-0.15, -0.1) is 11.3 Å². The molecule has 2 N–H and O–H groups in total. The predicted molar refractivity (Wildman–Crippen MR) is 99.1 cm³/mol. The summed E-state index contributed by atoms with van der Waals surface area (Å²) < 4.78 is 0. The van der Waals surface area contributed by atoms with E-state index in [9.17, 15) is 0 Å². The first-order valence-corrected chi connectivity index (χ1v) is 9.57. The van der Waals surface area contributed by atoms with Crippen LogP contribution < -0.4 is 10.6 Å². The van der Waals surface area contributed by atoms with Crippen LogP contribution >= 0.6 is 11.3 Å². The molecule has 0 amide bonds. The van der Waals surface area contributed by atoms with Crippen LogP contribution in [0.5, 0.6) is 0 Å². The van der Waals surface area contributed by atoms with Crippen LogP contribution in [0.15, 0.2) is 11.2 Å². The third-order valence-electron chi connectivity index (χ3n) is 4.37. The highest BCUT2D eigenvalue weighted by atomic mass is 32.1. The second-order valence-electron chi connectivity index (χ2n) is 6.45. The Morgan fingerprint density at radius 2 is 2.13 bits per heavy atom. The average Bonchev–Trinajstić information content (AvgIpc) is 2.97. The largest absolute Gasteiger partial charge is 0.356 e. The molecule has 0 atom stereocenters. The number of hydrogen-bond acceptors (Lipinski definition) is 4. The summed E-state index contributed by atoms with van der Waals surface area (Å²) in [6.07, 6.45) is 7.09. The zero-order valence-corrected chi connectivity index (χ0v) is 15.6. The molecule has 0 spiro atoms. The van der Waals surface area contributed by atoms with E-state index in [0.29, 0.717) is 0 Å². The number of nitrogens with zero attached hydrogens (tertiary/aromatic N) is 3. The van der Waals surface area contributed by atoms with Gasteiger partial charge in [-0.3, -0.25) is 4.99 Å². The number of guanidine groups is 1. The van der Waals surface area contributed by atoms with E-state index >= 15 is 0 Å². The second-order valence-corrected chi connectivity index (χ2v) is 7.77. The number of aliphatic imine (C=N–C) groups is 1. The number of hydrogen-bond donors (Lipinski definition) is 2. The molecule has 0 aromatic carbocycles. The minimum atomic E-state index is 0.740. The highest BCUT2D eigenvalue weighted by Gasteiger charge is 2.14. The van der Waals surface area contributed by atoms with Crippen molar-refractivity contribution in [3.63, 3.8) is 0 Å². The summed E-state index contributed by atoms with van der Waals surface area (Å²) in [5.74, 6) is 1.79. The third kappa shape index (κ3) is 6.87. The van der Waals surface area contributed by atoms with Crippen molar-refractivity contribution in [2.45, 2.75) is 46.1 Å². The number of unbranched alkanes of at least 4 members (excludes halogenated alkanes) is 1. The topological polar surface area (TPSA) is 52.6 Å². The number of thiazole rings is 1. The zero-order chi connectivity index (χ0) is 16.5. The van der Waals surface area contributed by atoms with E-state index in [0.717, 1.165) is 30.0 Å². The van der Waals surface area contributed by atoms with Gasteiger partial charge in [-0.1, -0.05) is 6.92 Å². The number of aryl methyl sites for hydroxylation is 1. The summed E-state index contributed by atoms with van der Waals surface area (Å²) in [5.41, 5.74) is 0. The Morgan fingerprint density at radius 3 is 2.78 bits per heavy atom. The lowest BCUT2D eigenvalue weighted by atomic mass is 9.99. The van der Waals surface area contributed by atoms with Gasteiger partial charge in [-0.2, -0.15) is 0 Å². The van der Waals surface area contributed by atoms with Gasteiger partial charge < -0.3 is 15.5 Å². The number of rotatable bonds is 7. The molecule has 5 nitrogen and oxygen atoms in total. The Labute approximate surface area is 144 Å². The molecular formula is C17H31N5S. The molecule has 2 rings (SSSR count). The molecular weight excluding hydrogens is 306 g/mol. The first-order chi connectivity index (χ1) is 11.2. The summed E-state index contributed by atoms with van der Waals surface area (Å²) in [4.78, 5) is 12.5. The molecule has 1 saturated heterocycles. The number of nitrogens with one attached hydrogen (secondary N) is 2. The van der Waals surface area contributed by atoms with Gasteiger partial charge in [0.15, 0.2) is 5.96 Å². The van der Waals surface area contributed by atoms with E-state index < -0.39 is 0 Å². The average molecular weight is 338 g/mol. The molecule has 0 bridgehead atoms. The van der Waals surface area contributed by atoms with Gasteiger partial charge in [0.2, 0.25) is 0 Å². The molecule has 1 fully saturated rings. The molecule has 130 valence electrons. The SMILES string of the molecule is CN=C(NCCCCN1CCC(C)CC1)NCc1ncc(C)s1. The zero-order valence-electron chi connectivity index (χ0n) is 14.8. The van der Waals surface area contributed by atoms with Gasteiger partial charge in [-0.05, 0) is 58.2 Å². The lowest BCUT2D eigenvalue weighted by Crippen LogP contribution is -2.38. The Morgan fingerprint density at radius 1 is 1.35 bits per heavy atom. The summed E-state index contributed by atoms with van der Waals surface area (Å²) in [7, 11) is 1.82. The molecule has 1 aliphatic rings. The normalized spacial score (nSPS) is 17.4. The number of aromatic nitrogens is 1. The molecule has 0 saturated carbocycles. The van der Waals surface area contributed by atoms with Crippen molar-refractivity contribution in [1.82, 2.24) is 20.5 Å². The molecule has 0 radical (unpaired) electrons. The van der Waals surface area contributed by atoms with E-state index in [1.807, 2.05) is 13.2 Å². The van der Waals surface area contributed by atoms with Gasteiger partial charge in [0.05, 0.1) is 6.54 Å². The van der Waals surface area contributed by atoms with E-state index in [1.54, 1.807) is 11.3 Å². The third-order valence-corrected chi connectivity index (χ3v) is 5.28. The van der Waals surface area contributed by atoms with E-state index in [2.05, 4.69) is 39.4 Å². The van der Waals surface area contributed by atoms with E-state index in [4.69, 9.17) is 0 Å². The van der Waals surface area contributed by atoms with Gasteiger partial charge >= 0.3 is 0 Å². The number of likely N-dealkylation sites (tertiary alicyclic amines) is 1. The van der Waals surface area contributed by atoms with Gasteiger partial charge in [0.25, 0.3) is 0 Å². The smallest absolute Gasteiger partial charge is 0.191 e.